The molecule has 0 amide bonds. The molecule has 4 saturated carbocycles. The van der Waals surface area contributed by atoms with Crippen molar-refractivity contribution in [2.45, 2.75) is 102 Å². The fourth-order valence-electron chi connectivity index (χ4n) is 9.61. The van der Waals surface area contributed by atoms with Crippen LogP contribution in [0.3, 0.4) is 0 Å². The van der Waals surface area contributed by atoms with Gasteiger partial charge in [-0.05, 0) is 86.4 Å². The number of alkyl halides is 2. The van der Waals surface area contributed by atoms with E-state index in [0.29, 0.717) is 38.7 Å². The van der Waals surface area contributed by atoms with Crippen molar-refractivity contribution in [3.8, 4) is 0 Å². The van der Waals surface area contributed by atoms with Gasteiger partial charge in [-0.3, -0.25) is 23.7 Å². The Morgan fingerprint density at radius 3 is 2.30 bits per heavy atom. The Balaban J connectivity index is 1.54. The van der Waals surface area contributed by atoms with Gasteiger partial charge in [-0.15, -0.1) is 0 Å². The number of halogens is 2. The van der Waals surface area contributed by atoms with Crippen molar-refractivity contribution in [2.75, 3.05) is 6.61 Å². The molecule has 1 N–H and O–H groups in total. The molecule has 0 aromatic carbocycles. The third-order valence-electron chi connectivity index (χ3n) is 11.7. The fourth-order valence-corrected chi connectivity index (χ4v) is 9.81. The van der Waals surface area contributed by atoms with Crippen LogP contribution in [0.2, 0.25) is 0 Å². The van der Waals surface area contributed by atoms with E-state index in [0.717, 1.165) is 25.7 Å². The van der Waals surface area contributed by atoms with E-state index in [2.05, 4.69) is 18.6 Å². The summed E-state index contributed by atoms with van der Waals surface area (Å²) in [5.74, 6) is -0.869. The lowest BCUT2D eigenvalue weighted by atomic mass is 9.43. The molecule has 43 heavy (non-hydrogen) atoms. The molecule has 4 aliphatic carbocycles. The van der Waals surface area contributed by atoms with E-state index in [-0.39, 0.29) is 66.0 Å². The molecule has 0 heterocycles. The maximum absolute atomic E-state index is 13.5. The molecule has 0 saturated heterocycles. The number of esters is 1. The quantitative estimate of drug-likeness (QED) is 0.135. The predicted molar refractivity (Wildman–Crippen MR) is 145 cm³/mol. The maximum Gasteiger partial charge on any atom is 0.402 e. The van der Waals surface area contributed by atoms with Crippen molar-refractivity contribution in [2.24, 2.45) is 46.3 Å². The maximum atomic E-state index is 13.5. The van der Waals surface area contributed by atoms with E-state index in [1.165, 1.54) is 0 Å². The first-order valence-electron chi connectivity index (χ1n) is 14.9. The van der Waals surface area contributed by atoms with Crippen molar-refractivity contribution in [3.05, 3.63) is 0 Å². The summed E-state index contributed by atoms with van der Waals surface area (Å²) in [7, 11) is -5.72. The molecule has 11 atom stereocenters. The minimum absolute atomic E-state index is 0.0105. The minimum Gasteiger partial charge on any atom is -0.465 e. The first-order valence-corrected chi connectivity index (χ1v) is 16.4. The Hall–Kier alpha value is -2.35. The van der Waals surface area contributed by atoms with Gasteiger partial charge < -0.3 is 18.9 Å². The second-order valence-electron chi connectivity index (χ2n) is 13.4. The fraction of sp³-hybridized carbons (Fsp3) is 0.862. The molecule has 0 aromatic rings. The van der Waals surface area contributed by atoms with E-state index in [9.17, 15) is 36.4 Å². The van der Waals surface area contributed by atoms with Crippen LogP contribution in [0.25, 0.3) is 0 Å². The lowest BCUT2D eigenvalue weighted by molar-refractivity contribution is -0.218. The highest BCUT2D eigenvalue weighted by atomic mass is 32.2. The lowest BCUT2D eigenvalue weighted by Gasteiger charge is -2.64. The van der Waals surface area contributed by atoms with E-state index >= 15 is 0 Å². The third-order valence-corrected chi connectivity index (χ3v) is 12.6. The van der Waals surface area contributed by atoms with Gasteiger partial charge >= 0.3 is 21.3 Å². The second kappa shape index (κ2) is 12.6. The van der Waals surface area contributed by atoms with Gasteiger partial charge in [0.25, 0.3) is 19.4 Å². The van der Waals surface area contributed by atoms with Crippen molar-refractivity contribution in [3.63, 3.8) is 0 Å². The van der Waals surface area contributed by atoms with E-state index < -0.39 is 39.5 Å². The Morgan fingerprint density at radius 2 is 1.67 bits per heavy atom. The number of rotatable bonds is 13. The summed E-state index contributed by atoms with van der Waals surface area (Å²) in [6.07, 6.45) is 3.99. The standard InChI is InChI=1S/C29H42F2O11S/c1-17(4-7-25(35)39-13-29(30,31)43(36,37)38)20-5-6-21-26-22(12-24(42-16-34)28(20,21)3)27(2)9-8-19(40-14-32)10-18(27)11-23(26)41-15-33/h14-24,26H,4-13H2,1-3H3,(H,36,37,38)/t17-,18?,19?,20-,21+,22+,23?,24?,26+,27+,28-/m1/s1. The molecule has 4 rings (SSSR count). The number of carbonyl (C=O) groups excluding carboxylic acids is 4. The Kier molecular flexibility index (Phi) is 9.80. The largest absolute Gasteiger partial charge is 0.465 e. The molecule has 0 spiro atoms. The summed E-state index contributed by atoms with van der Waals surface area (Å²) < 4.78 is 78.5. The monoisotopic (exact) mass is 636 g/mol. The van der Waals surface area contributed by atoms with Crippen LogP contribution < -0.4 is 0 Å². The first-order chi connectivity index (χ1) is 20.1. The molecule has 0 aliphatic heterocycles. The van der Waals surface area contributed by atoms with E-state index in [1.807, 2.05) is 6.92 Å². The topological polar surface area (TPSA) is 160 Å². The van der Waals surface area contributed by atoms with Crippen molar-refractivity contribution in [1.29, 1.82) is 0 Å². The summed E-state index contributed by atoms with van der Waals surface area (Å²) in [6.45, 7) is 5.93. The van der Waals surface area contributed by atoms with Crippen LogP contribution in [0.1, 0.15) is 78.6 Å². The Labute approximate surface area is 250 Å². The molecule has 14 heteroatoms. The Bertz CT molecular complexity index is 1170. The highest BCUT2D eigenvalue weighted by Crippen LogP contribution is 2.69. The normalized spacial score (nSPS) is 39.7. The van der Waals surface area contributed by atoms with Crippen LogP contribution in [-0.4, -0.2) is 68.5 Å². The van der Waals surface area contributed by atoms with Gasteiger partial charge in [0.2, 0.25) is 0 Å². The number of hydrogen-bond acceptors (Lipinski definition) is 10. The summed E-state index contributed by atoms with van der Waals surface area (Å²) >= 11 is 0. The summed E-state index contributed by atoms with van der Waals surface area (Å²) in [4.78, 5) is 46.7. The molecule has 4 fully saturated rings. The van der Waals surface area contributed by atoms with Crippen molar-refractivity contribution in [1.82, 2.24) is 0 Å². The van der Waals surface area contributed by atoms with Gasteiger partial charge in [0.15, 0.2) is 6.61 Å². The van der Waals surface area contributed by atoms with Crippen LogP contribution in [0.4, 0.5) is 8.78 Å². The summed E-state index contributed by atoms with van der Waals surface area (Å²) in [5, 5.41) is -4.60. The highest BCUT2D eigenvalue weighted by Gasteiger charge is 2.67. The zero-order valence-corrected chi connectivity index (χ0v) is 25.5. The second-order valence-corrected chi connectivity index (χ2v) is 15.0. The SMILES string of the molecule is C[C@H](CCC(=O)OCC(F)(F)S(=O)(=O)O)[C@H]1CC[C@H]2[C@@H]3C(OC=O)CC4CC(OC=O)CC[C@]4(C)[C@H]3CC(OC=O)[C@]12C. The zero-order valence-electron chi connectivity index (χ0n) is 24.7. The predicted octanol–water partition coefficient (Wildman–Crippen LogP) is 3.93. The van der Waals surface area contributed by atoms with Crippen LogP contribution in [-0.2, 0) is 48.2 Å². The van der Waals surface area contributed by atoms with Gasteiger partial charge in [0, 0.05) is 17.8 Å². The summed E-state index contributed by atoms with van der Waals surface area (Å²) in [5.41, 5.74) is -0.658. The summed E-state index contributed by atoms with van der Waals surface area (Å²) in [6, 6.07) is 0. The van der Waals surface area contributed by atoms with Crippen LogP contribution in [0, 0.1) is 46.3 Å². The number of hydrogen-bond donors (Lipinski definition) is 1. The molecule has 0 bridgehead atoms. The molecule has 4 unspecified atom stereocenters. The molecular formula is C29H42F2O11S. The third kappa shape index (κ3) is 6.14. The highest BCUT2D eigenvalue weighted by molar-refractivity contribution is 7.86. The molecule has 244 valence electrons. The molecular weight excluding hydrogens is 594 g/mol. The van der Waals surface area contributed by atoms with Gasteiger partial charge in [-0.2, -0.15) is 17.2 Å². The molecule has 0 aromatic heterocycles. The van der Waals surface area contributed by atoms with E-state index in [4.69, 9.17) is 18.8 Å². The van der Waals surface area contributed by atoms with Gasteiger partial charge in [-0.25, -0.2) is 0 Å². The van der Waals surface area contributed by atoms with Crippen LogP contribution in [0.15, 0.2) is 0 Å². The van der Waals surface area contributed by atoms with Crippen molar-refractivity contribution < 1.29 is 59.9 Å². The molecule has 0 radical (unpaired) electrons. The number of ether oxygens (including phenoxy) is 4. The van der Waals surface area contributed by atoms with Crippen LogP contribution in [0.5, 0.6) is 0 Å². The zero-order chi connectivity index (χ0) is 31.8. The average Bonchev–Trinajstić information content (AvgIpc) is 3.29. The molecule has 4 aliphatic rings. The average molecular weight is 637 g/mol. The number of fused-ring (bicyclic) bond motifs is 5. The lowest BCUT2D eigenvalue weighted by Crippen LogP contribution is -2.63. The minimum atomic E-state index is -5.72. The smallest absolute Gasteiger partial charge is 0.402 e. The Morgan fingerprint density at radius 1 is 1.00 bits per heavy atom. The number of carbonyl (C=O) groups is 4. The van der Waals surface area contributed by atoms with Crippen molar-refractivity contribution >= 4 is 35.5 Å². The van der Waals surface area contributed by atoms with Gasteiger partial charge in [0.05, 0.1) is 0 Å². The van der Waals surface area contributed by atoms with E-state index in [1.54, 1.807) is 0 Å². The van der Waals surface area contributed by atoms with Gasteiger partial charge in [0.1, 0.15) is 18.3 Å². The van der Waals surface area contributed by atoms with Crippen LogP contribution >= 0.6 is 0 Å². The first kappa shape index (κ1) is 33.5. The molecule has 11 nitrogen and oxygen atoms in total. The van der Waals surface area contributed by atoms with Gasteiger partial charge in [-0.1, -0.05) is 20.8 Å².